The van der Waals surface area contributed by atoms with Gasteiger partial charge in [0, 0.05) is 26.1 Å². The predicted molar refractivity (Wildman–Crippen MR) is 60.5 cm³/mol. The summed E-state index contributed by atoms with van der Waals surface area (Å²) in [6.45, 7) is 0.785. The highest BCUT2D eigenvalue weighted by atomic mass is 16.4. The third-order valence-electron chi connectivity index (χ3n) is 2.86. The number of primary amides is 1. The van der Waals surface area contributed by atoms with E-state index < -0.39 is 18.0 Å². The molecule has 0 aromatic rings. The Kier molecular flexibility index (Phi) is 4.90. The van der Waals surface area contributed by atoms with Gasteiger partial charge in [-0.2, -0.15) is 0 Å². The van der Waals surface area contributed by atoms with Gasteiger partial charge in [0.15, 0.2) is 6.10 Å². The van der Waals surface area contributed by atoms with E-state index >= 15 is 0 Å². The number of aliphatic hydroxyl groups is 1. The summed E-state index contributed by atoms with van der Waals surface area (Å²) >= 11 is 0. The molecule has 1 fully saturated rings. The zero-order chi connectivity index (χ0) is 13.7. The third kappa shape index (κ3) is 3.88. The molecule has 0 aromatic heterocycles. The summed E-state index contributed by atoms with van der Waals surface area (Å²) in [5.74, 6) is -2.06. The molecule has 0 spiro atoms. The minimum atomic E-state index is -1.48. The lowest BCUT2D eigenvalue weighted by atomic mass is 10.1. The van der Waals surface area contributed by atoms with Gasteiger partial charge in [-0.25, -0.2) is 9.59 Å². The molecule has 0 aromatic carbocycles. The van der Waals surface area contributed by atoms with E-state index in [1.165, 1.54) is 4.90 Å². The van der Waals surface area contributed by atoms with Crippen LogP contribution in [0.4, 0.5) is 4.79 Å². The first-order chi connectivity index (χ1) is 8.41. The first-order valence-corrected chi connectivity index (χ1v) is 5.64. The second kappa shape index (κ2) is 6.20. The van der Waals surface area contributed by atoms with E-state index in [2.05, 4.69) is 5.32 Å². The average molecular weight is 259 g/mol. The molecular weight excluding hydrogens is 242 g/mol. The van der Waals surface area contributed by atoms with Gasteiger partial charge in [0.1, 0.15) is 0 Å². The fourth-order valence-corrected chi connectivity index (χ4v) is 1.73. The molecule has 1 saturated heterocycles. The van der Waals surface area contributed by atoms with Crippen LogP contribution in [0.3, 0.4) is 0 Å². The Bertz CT molecular complexity index is 346. The van der Waals surface area contributed by atoms with E-state index in [4.69, 9.17) is 15.9 Å². The van der Waals surface area contributed by atoms with Gasteiger partial charge in [-0.1, -0.05) is 0 Å². The van der Waals surface area contributed by atoms with Crippen LogP contribution in [0, 0.1) is 5.92 Å². The van der Waals surface area contributed by atoms with E-state index in [0.717, 1.165) is 0 Å². The van der Waals surface area contributed by atoms with E-state index in [1.807, 2.05) is 0 Å². The average Bonchev–Trinajstić information content (AvgIpc) is 2.77. The van der Waals surface area contributed by atoms with Crippen LogP contribution in [0.15, 0.2) is 0 Å². The summed E-state index contributed by atoms with van der Waals surface area (Å²) in [5.41, 5.74) is 5.14. The number of carboxylic acid groups (broad SMARTS) is 1. The zero-order valence-corrected chi connectivity index (χ0v) is 9.83. The van der Waals surface area contributed by atoms with Gasteiger partial charge in [-0.15, -0.1) is 0 Å². The van der Waals surface area contributed by atoms with Crippen molar-refractivity contribution in [3.05, 3.63) is 0 Å². The molecule has 8 nitrogen and oxygen atoms in total. The molecule has 1 aliphatic heterocycles. The molecule has 8 heteroatoms. The normalized spacial score (nSPS) is 20.5. The van der Waals surface area contributed by atoms with E-state index in [0.29, 0.717) is 13.0 Å². The molecule has 1 heterocycles. The molecule has 2 atom stereocenters. The number of likely N-dealkylation sites (tertiary alicyclic amines) is 1. The molecule has 0 radical (unpaired) electrons. The van der Waals surface area contributed by atoms with Crippen LogP contribution in [0.1, 0.15) is 12.8 Å². The van der Waals surface area contributed by atoms with Gasteiger partial charge in [0.25, 0.3) is 0 Å². The number of nitrogens with zero attached hydrogens (tertiary/aromatic N) is 1. The van der Waals surface area contributed by atoms with Crippen molar-refractivity contribution in [1.82, 2.24) is 10.2 Å². The number of carbonyl (C=O) groups excluding carboxylic acids is 2. The maximum Gasteiger partial charge on any atom is 0.332 e. The van der Waals surface area contributed by atoms with Crippen molar-refractivity contribution < 1.29 is 24.6 Å². The number of nitrogens with one attached hydrogen (secondary N) is 1. The van der Waals surface area contributed by atoms with Crippen LogP contribution in [-0.2, 0) is 9.59 Å². The summed E-state index contributed by atoms with van der Waals surface area (Å²) in [4.78, 5) is 34.3. The minimum Gasteiger partial charge on any atom is -0.479 e. The number of aliphatic hydroxyl groups excluding tert-OH is 1. The second-order valence-corrected chi connectivity index (χ2v) is 4.21. The third-order valence-corrected chi connectivity index (χ3v) is 2.86. The van der Waals surface area contributed by atoms with Gasteiger partial charge in [-0.3, -0.25) is 4.79 Å². The highest BCUT2D eigenvalue weighted by Crippen LogP contribution is 2.15. The SMILES string of the molecule is NC(=O)C1CCN(C(=O)NCC[C@H](O)C(=O)O)C1. The number of hydrogen-bond acceptors (Lipinski definition) is 4. The Morgan fingerprint density at radius 2 is 2.11 bits per heavy atom. The summed E-state index contributed by atoms with van der Waals surface area (Å²) in [6.07, 6.45) is -1.00. The minimum absolute atomic E-state index is 0.0596. The molecule has 1 unspecified atom stereocenters. The van der Waals surface area contributed by atoms with Gasteiger partial charge in [-0.05, 0) is 6.42 Å². The van der Waals surface area contributed by atoms with Crippen LogP contribution in [0.5, 0.6) is 0 Å². The van der Waals surface area contributed by atoms with Crippen molar-refractivity contribution in [3.63, 3.8) is 0 Å². The number of amides is 3. The Balaban J connectivity index is 2.26. The maximum atomic E-state index is 11.6. The van der Waals surface area contributed by atoms with E-state index in [-0.39, 0.29) is 31.5 Å². The summed E-state index contributed by atoms with van der Waals surface area (Å²) < 4.78 is 0. The maximum absolute atomic E-state index is 11.6. The Morgan fingerprint density at radius 3 is 2.61 bits per heavy atom. The molecule has 0 aliphatic carbocycles. The lowest BCUT2D eigenvalue weighted by molar-refractivity contribution is -0.146. The first-order valence-electron chi connectivity index (χ1n) is 5.64. The first kappa shape index (κ1) is 14.2. The highest BCUT2D eigenvalue weighted by molar-refractivity contribution is 5.80. The summed E-state index contributed by atoms with van der Waals surface area (Å²) in [6, 6.07) is -0.378. The molecule has 3 amide bonds. The fourth-order valence-electron chi connectivity index (χ4n) is 1.73. The number of rotatable bonds is 5. The number of carbonyl (C=O) groups is 3. The van der Waals surface area contributed by atoms with Crippen LogP contribution in [0.25, 0.3) is 0 Å². The largest absolute Gasteiger partial charge is 0.479 e. The van der Waals surface area contributed by atoms with E-state index in [1.54, 1.807) is 0 Å². The second-order valence-electron chi connectivity index (χ2n) is 4.21. The lowest BCUT2D eigenvalue weighted by Gasteiger charge is -2.17. The van der Waals surface area contributed by atoms with Crippen molar-refractivity contribution >= 4 is 17.9 Å². The van der Waals surface area contributed by atoms with Crippen molar-refractivity contribution in [2.24, 2.45) is 11.7 Å². The highest BCUT2D eigenvalue weighted by Gasteiger charge is 2.29. The van der Waals surface area contributed by atoms with Crippen LogP contribution in [0.2, 0.25) is 0 Å². The van der Waals surface area contributed by atoms with Gasteiger partial charge in [0.2, 0.25) is 5.91 Å². The summed E-state index contributed by atoms with van der Waals surface area (Å²) in [5, 5.41) is 19.9. The molecule has 0 bridgehead atoms. The monoisotopic (exact) mass is 259 g/mol. The Morgan fingerprint density at radius 1 is 1.44 bits per heavy atom. The van der Waals surface area contributed by atoms with Crippen molar-refractivity contribution in [3.8, 4) is 0 Å². The number of nitrogens with two attached hydrogens (primary N) is 1. The molecule has 1 rings (SSSR count). The van der Waals surface area contributed by atoms with Gasteiger partial charge < -0.3 is 26.2 Å². The number of carboxylic acids is 1. The number of hydrogen-bond donors (Lipinski definition) is 4. The fraction of sp³-hybridized carbons (Fsp3) is 0.700. The molecule has 18 heavy (non-hydrogen) atoms. The quantitative estimate of drug-likeness (QED) is 0.469. The Labute approximate surface area is 104 Å². The number of urea groups is 1. The predicted octanol–water partition coefficient (Wildman–Crippen LogP) is -1.66. The molecule has 5 N–H and O–H groups in total. The molecule has 102 valence electrons. The smallest absolute Gasteiger partial charge is 0.332 e. The van der Waals surface area contributed by atoms with Gasteiger partial charge >= 0.3 is 12.0 Å². The van der Waals surface area contributed by atoms with Gasteiger partial charge in [0.05, 0.1) is 5.92 Å². The van der Waals surface area contributed by atoms with E-state index in [9.17, 15) is 14.4 Å². The van der Waals surface area contributed by atoms with Crippen molar-refractivity contribution in [1.29, 1.82) is 0 Å². The topological polar surface area (TPSA) is 133 Å². The Hall–Kier alpha value is -1.83. The molecular formula is C10H17N3O5. The number of aliphatic carboxylic acids is 1. The molecule has 1 aliphatic rings. The van der Waals surface area contributed by atoms with Crippen molar-refractivity contribution in [2.75, 3.05) is 19.6 Å². The van der Waals surface area contributed by atoms with Crippen molar-refractivity contribution in [2.45, 2.75) is 18.9 Å². The zero-order valence-electron chi connectivity index (χ0n) is 9.83. The van der Waals surface area contributed by atoms with Crippen LogP contribution in [-0.4, -0.2) is 58.8 Å². The van der Waals surface area contributed by atoms with Crippen LogP contribution < -0.4 is 11.1 Å². The lowest BCUT2D eigenvalue weighted by Crippen LogP contribution is -2.40. The van der Waals surface area contributed by atoms with Crippen LogP contribution >= 0.6 is 0 Å². The standard InChI is InChI=1S/C10H17N3O5/c11-8(15)6-2-4-13(5-6)10(18)12-3-1-7(14)9(16)17/h6-7,14H,1-5H2,(H2,11,15)(H,12,18)(H,16,17)/t6?,7-/m0/s1. The summed E-state index contributed by atoms with van der Waals surface area (Å²) in [7, 11) is 0. The molecule has 0 saturated carbocycles.